The lowest BCUT2D eigenvalue weighted by Crippen LogP contribution is -2.37. The number of likely N-dealkylation sites (tertiary alicyclic amines) is 1. The molecule has 1 amide bonds. The van der Waals surface area contributed by atoms with E-state index in [4.69, 9.17) is 4.74 Å². The number of benzene rings is 2. The van der Waals surface area contributed by atoms with Gasteiger partial charge in [-0.3, -0.25) is 0 Å². The summed E-state index contributed by atoms with van der Waals surface area (Å²) in [5.74, 6) is 0. The van der Waals surface area contributed by atoms with Crippen molar-refractivity contribution in [2.45, 2.75) is 68.9 Å². The zero-order chi connectivity index (χ0) is 29.1. The summed E-state index contributed by atoms with van der Waals surface area (Å²) in [4.78, 5) is 13.2. The lowest BCUT2D eigenvalue weighted by Gasteiger charge is -2.26. The number of halogens is 6. The molecule has 39 heavy (non-hydrogen) atoms. The Hall–Kier alpha value is -2.96. The van der Waals surface area contributed by atoms with Crippen molar-refractivity contribution in [3.63, 3.8) is 0 Å². The first-order chi connectivity index (χ1) is 17.8. The topological polar surface area (TPSA) is 68.6 Å². The molecule has 6 nitrogen and oxygen atoms in total. The van der Waals surface area contributed by atoms with Gasteiger partial charge in [-0.05, 0) is 70.4 Å². The van der Waals surface area contributed by atoms with Gasteiger partial charge in [-0.25, -0.2) is 13.2 Å². The largest absolute Gasteiger partial charge is 0.444 e. The number of nitrogens with zero attached hydrogens (tertiary/aromatic N) is 2. The van der Waals surface area contributed by atoms with Crippen LogP contribution < -0.4 is 0 Å². The molecule has 3 aromatic rings. The monoisotopic (exact) mass is 578 g/mol. The Balaban J connectivity index is 1.93. The highest BCUT2D eigenvalue weighted by molar-refractivity contribution is 7.90. The van der Waals surface area contributed by atoms with E-state index in [2.05, 4.69) is 0 Å². The Morgan fingerprint density at radius 3 is 2.10 bits per heavy atom. The molecule has 0 N–H and O–H groups in total. The van der Waals surface area contributed by atoms with Crippen LogP contribution in [0.4, 0.5) is 31.1 Å². The summed E-state index contributed by atoms with van der Waals surface area (Å²) >= 11 is 0. The Kier molecular flexibility index (Phi) is 7.15. The summed E-state index contributed by atoms with van der Waals surface area (Å²) in [6, 6.07) is 3.92. The third kappa shape index (κ3) is 5.97. The molecular weight excluding hydrogens is 550 g/mol. The fourth-order valence-electron chi connectivity index (χ4n) is 5.02. The lowest BCUT2D eigenvalue weighted by molar-refractivity contribution is -0.140. The van der Waals surface area contributed by atoms with Crippen molar-refractivity contribution in [2.24, 2.45) is 0 Å². The number of sulfone groups is 1. The van der Waals surface area contributed by atoms with Gasteiger partial charge < -0.3 is 14.2 Å². The number of aromatic nitrogens is 1. The zero-order valence-electron chi connectivity index (χ0n) is 21.7. The maximum absolute atomic E-state index is 13.9. The number of alkyl halides is 6. The van der Waals surface area contributed by atoms with Gasteiger partial charge in [0, 0.05) is 41.7 Å². The van der Waals surface area contributed by atoms with Gasteiger partial charge in [-0.1, -0.05) is 0 Å². The van der Waals surface area contributed by atoms with Crippen molar-refractivity contribution in [1.29, 1.82) is 0 Å². The Morgan fingerprint density at radius 1 is 0.897 bits per heavy atom. The van der Waals surface area contributed by atoms with Crippen LogP contribution in [0.3, 0.4) is 0 Å². The Morgan fingerprint density at radius 2 is 1.54 bits per heavy atom. The van der Waals surface area contributed by atoms with Crippen LogP contribution >= 0.6 is 0 Å². The van der Waals surface area contributed by atoms with Crippen LogP contribution in [-0.4, -0.2) is 48.9 Å². The first kappa shape index (κ1) is 29.0. The van der Waals surface area contributed by atoms with Crippen LogP contribution in [0.1, 0.15) is 57.2 Å². The number of hydrogen-bond donors (Lipinski definition) is 0. The third-order valence-corrected chi connectivity index (χ3v) is 7.79. The number of amides is 1. The quantitative estimate of drug-likeness (QED) is 0.302. The van der Waals surface area contributed by atoms with E-state index < -0.39 is 55.9 Å². The second kappa shape index (κ2) is 9.60. The predicted molar refractivity (Wildman–Crippen MR) is 133 cm³/mol. The van der Waals surface area contributed by atoms with E-state index in [0.717, 1.165) is 18.2 Å². The number of rotatable bonds is 2. The molecule has 1 aliphatic rings. The Labute approximate surface area is 221 Å². The van der Waals surface area contributed by atoms with Gasteiger partial charge in [0.2, 0.25) is 0 Å². The van der Waals surface area contributed by atoms with Crippen LogP contribution in [-0.2, 0) is 26.9 Å². The molecule has 0 saturated carbocycles. The molecule has 2 heterocycles. The molecule has 2 aromatic carbocycles. The highest BCUT2D eigenvalue weighted by atomic mass is 32.2. The molecule has 0 bridgehead atoms. The molecule has 214 valence electrons. The first-order valence-electron chi connectivity index (χ1n) is 12.2. The van der Waals surface area contributed by atoms with Crippen LogP contribution in [0, 0.1) is 0 Å². The van der Waals surface area contributed by atoms with E-state index in [1.54, 1.807) is 25.3 Å². The average Bonchev–Trinajstić information content (AvgIpc) is 2.90. The molecule has 1 aliphatic heterocycles. The molecule has 1 atom stereocenters. The van der Waals surface area contributed by atoms with E-state index in [1.807, 2.05) is 0 Å². The number of carbonyl (C=O) groups is 1. The summed E-state index contributed by atoms with van der Waals surface area (Å²) in [7, 11) is -4.35. The van der Waals surface area contributed by atoms with E-state index in [-0.39, 0.29) is 28.4 Å². The summed E-state index contributed by atoms with van der Waals surface area (Å²) < 4.78 is 114. The zero-order valence-corrected chi connectivity index (χ0v) is 22.5. The predicted octanol–water partition coefficient (Wildman–Crippen LogP) is 7.20. The molecular formula is C26H28F6N2O4S. The van der Waals surface area contributed by atoms with Crippen molar-refractivity contribution in [2.75, 3.05) is 19.3 Å². The summed E-state index contributed by atoms with van der Waals surface area (Å²) in [5, 5.41) is -0.206. The Bertz CT molecular complexity index is 1530. The maximum Gasteiger partial charge on any atom is 0.417 e. The van der Waals surface area contributed by atoms with E-state index in [1.165, 1.54) is 11.0 Å². The summed E-state index contributed by atoms with van der Waals surface area (Å²) in [6.07, 6.45) is -8.39. The minimum Gasteiger partial charge on any atom is -0.444 e. The van der Waals surface area contributed by atoms with Crippen LogP contribution in [0.15, 0.2) is 35.2 Å². The number of hydrogen-bond acceptors (Lipinski definition) is 4. The van der Waals surface area contributed by atoms with Crippen molar-refractivity contribution < 1.29 is 44.3 Å². The van der Waals surface area contributed by atoms with Crippen molar-refractivity contribution in [3.05, 3.63) is 41.5 Å². The highest BCUT2D eigenvalue weighted by Crippen LogP contribution is 2.43. The number of fused-ring (bicyclic) bond motifs is 3. The summed E-state index contributed by atoms with van der Waals surface area (Å²) in [5.41, 5.74) is -2.87. The number of ether oxygens (including phenoxy) is 1. The summed E-state index contributed by atoms with van der Waals surface area (Å²) in [6.45, 7) is 5.78. The second-order valence-electron chi connectivity index (χ2n) is 10.8. The fraction of sp³-hybridized carbons (Fsp3) is 0.500. The van der Waals surface area contributed by atoms with Gasteiger partial charge in [0.15, 0.2) is 9.84 Å². The second-order valence-corrected chi connectivity index (χ2v) is 12.8. The molecule has 1 saturated heterocycles. The highest BCUT2D eigenvalue weighted by Gasteiger charge is 2.38. The van der Waals surface area contributed by atoms with Crippen molar-refractivity contribution in [3.8, 4) is 0 Å². The molecule has 13 heteroatoms. The molecule has 0 spiro atoms. The average molecular weight is 579 g/mol. The van der Waals surface area contributed by atoms with Gasteiger partial charge in [-0.15, -0.1) is 0 Å². The smallest absolute Gasteiger partial charge is 0.417 e. The van der Waals surface area contributed by atoms with Crippen LogP contribution in [0.25, 0.3) is 21.8 Å². The van der Waals surface area contributed by atoms with Crippen molar-refractivity contribution in [1.82, 2.24) is 9.47 Å². The molecule has 0 unspecified atom stereocenters. The van der Waals surface area contributed by atoms with Crippen LogP contribution in [0.5, 0.6) is 0 Å². The van der Waals surface area contributed by atoms with E-state index >= 15 is 0 Å². The van der Waals surface area contributed by atoms with Gasteiger partial charge in [0.05, 0.1) is 21.5 Å². The fourth-order valence-corrected chi connectivity index (χ4v) is 5.92. The van der Waals surface area contributed by atoms with Crippen molar-refractivity contribution >= 4 is 37.7 Å². The number of carbonyl (C=O) groups excluding carboxylic acids is 1. The van der Waals surface area contributed by atoms with Gasteiger partial charge in [-0.2, -0.15) is 26.3 Å². The molecule has 4 rings (SSSR count). The SMILES string of the molecule is CC(C)(C)OC(=O)N1CCC[C@@H](n2c3ccc(C(F)(F)F)cc3c3cc(C(F)(F)F)c(S(C)(=O)=O)cc32)CC1. The van der Waals surface area contributed by atoms with Gasteiger partial charge >= 0.3 is 18.4 Å². The molecule has 0 radical (unpaired) electrons. The van der Waals surface area contributed by atoms with Gasteiger partial charge in [0.25, 0.3) is 0 Å². The van der Waals surface area contributed by atoms with E-state index in [0.29, 0.717) is 38.1 Å². The standard InChI is InChI=1S/C26H28F6N2O4S/c1-24(2,3)38-23(35)33-10-5-6-16(9-11-33)34-20-8-7-15(25(27,28)29)12-17(20)18-13-19(26(30,31)32)22(14-21(18)34)39(4,36)37/h7-8,12-14,16H,5-6,9-11H2,1-4H3/t16-/m1/s1. The van der Waals surface area contributed by atoms with Gasteiger partial charge in [0.1, 0.15) is 5.60 Å². The molecule has 1 aromatic heterocycles. The first-order valence-corrected chi connectivity index (χ1v) is 14.1. The molecule has 1 fully saturated rings. The minimum atomic E-state index is -5.06. The maximum atomic E-state index is 13.9. The normalized spacial score (nSPS) is 18.0. The van der Waals surface area contributed by atoms with E-state index in [9.17, 15) is 39.6 Å². The minimum absolute atomic E-state index is 0.0707. The lowest BCUT2D eigenvalue weighted by atomic mass is 10.1. The molecule has 0 aliphatic carbocycles. The van der Waals surface area contributed by atoms with Crippen LogP contribution in [0.2, 0.25) is 0 Å². The third-order valence-electron chi connectivity index (χ3n) is 6.65.